The van der Waals surface area contributed by atoms with Crippen LogP contribution in [0.1, 0.15) is 27.6 Å². The summed E-state index contributed by atoms with van der Waals surface area (Å²) in [5.41, 5.74) is 1.19. The number of halogens is 1. The van der Waals surface area contributed by atoms with Crippen molar-refractivity contribution in [3.8, 4) is 0 Å². The summed E-state index contributed by atoms with van der Waals surface area (Å²) >= 11 is 2.09. The standard InChI is InChI=1S/C17H14INO4/c1-11(20)14-7-2-3-8-15(14)19-16(21)10-23-17(22)12-5-4-6-13(18)9-12/h2-9H,10H2,1H3,(H,19,21). The number of nitrogens with one attached hydrogen (secondary N) is 1. The van der Waals surface area contributed by atoms with Gasteiger partial charge in [-0.05, 0) is 59.8 Å². The average molecular weight is 423 g/mol. The van der Waals surface area contributed by atoms with Gasteiger partial charge in [0.2, 0.25) is 0 Å². The highest BCUT2D eigenvalue weighted by Crippen LogP contribution is 2.15. The number of Topliss-reactive ketones (excluding diaryl/α,β-unsaturated/α-hetero) is 1. The summed E-state index contributed by atoms with van der Waals surface area (Å²) in [7, 11) is 0. The molecule has 0 radical (unpaired) electrons. The van der Waals surface area contributed by atoms with E-state index < -0.39 is 18.5 Å². The molecule has 0 heterocycles. The van der Waals surface area contributed by atoms with Crippen molar-refractivity contribution in [2.75, 3.05) is 11.9 Å². The highest BCUT2D eigenvalue weighted by molar-refractivity contribution is 14.1. The van der Waals surface area contributed by atoms with Crippen LogP contribution in [0.4, 0.5) is 5.69 Å². The number of benzene rings is 2. The molecule has 0 saturated carbocycles. The normalized spacial score (nSPS) is 10.0. The number of esters is 1. The molecule has 0 unspecified atom stereocenters. The molecule has 0 saturated heterocycles. The van der Waals surface area contributed by atoms with Gasteiger partial charge >= 0.3 is 5.97 Å². The minimum Gasteiger partial charge on any atom is -0.452 e. The first-order valence-electron chi connectivity index (χ1n) is 6.80. The number of anilines is 1. The molecule has 5 nitrogen and oxygen atoms in total. The Bertz CT molecular complexity index is 758. The van der Waals surface area contributed by atoms with Gasteiger partial charge in [-0.3, -0.25) is 9.59 Å². The molecule has 0 aliphatic carbocycles. The molecule has 1 amide bonds. The minimum atomic E-state index is -0.571. The van der Waals surface area contributed by atoms with Gasteiger partial charge < -0.3 is 10.1 Å². The summed E-state index contributed by atoms with van der Waals surface area (Å²) < 4.78 is 5.88. The van der Waals surface area contributed by atoms with E-state index in [4.69, 9.17) is 4.74 Å². The summed E-state index contributed by atoms with van der Waals surface area (Å²) in [6, 6.07) is 13.5. The third-order valence-corrected chi connectivity index (χ3v) is 3.65. The lowest BCUT2D eigenvalue weighted by atomic mass is 10.1. The highest BCUT2D eigenvalue weighted by atomic mass is 127. The molecular formula is C17H14INO4. The zero-order chi connectivity index (χ0) is 16.8. The van der Waals surface area contributed by atoms with Crippen molar-refractivity contribution in [1.29, 1.82) is 0 Å². The molecule has 6 heteroatoms. The van der Waals surface area contributed by atoms with Gasteiger partial charge in [-0.2, -0.15) is 0 Å². The van der Waals surface area contributed by atoms with Gasteiger partial charge in [0.25, 0.3) is 5.91 Å². The minimum absolute atomic E-state index is 0.156. The van der Waals surface area contributed by atoms with Crippen LogP contribution in [-0.4, -0.2) is 24.3 Å². The van der Waals surface area contributed by atoms with Crippen molar-refractivity contribution >= 4 is 45.9 Å². The van der Waals surface area contributed by atoms with Crippen LogP contribution in [0.3, 0.4) is 0 Å². The van der Waals surface area contributed by atoms with E-state index in [0.717, 1.165) is 3.57 Å². The number of ether oxygens (including phenoxy) is 1. The largest absolute Gasteiger partial charge is 0.452 e. The van der Waals surface area contributed by atoms with Crippen LogP contribution >= 0.6 is 22.6 Å². The van der Waals surface area contributed by atoms with Gasteiger partial charge in [0.1, 0.15) is 0 Å². The van der Waals surface area contributed by atoms with Crippen molar-refractivity contribution in [3.63, 3.8) is 0 Å². The molecule has 0 bridgehead atoms. The van der Waals surface area contributed by atoms with Gasteiger partial charge in [0.05, 0.1) is 11.3 Å². The Balaban J connectivity index is 1.96. The summed E-state index contributed by atoms with van der Waals surface area (Å²) in [5, 5.41) is 2.57. The number of ketones is 1. The monoisotopic (exact) mass is 423 g/mol. The fraction of sp³-hybridized carbons (Fsp3) is 0.118. The summed E-state index contributed by atoms with van der Waals surface area (Å²) in [4.78, 5) is 35.3. The molecule has 2 aromatic rings. The molecule has 23 heavy (non-hydrogen) atoms. The lowest BCUT2D eigenvalue weighted by molar-refractivity contribution is -0.119. The Hall–Kier alpha value is -2.22. The van der Waals surface area contributed by atoms with Crippen LogP contribution in [0.2, 0.25) is 0 Å². The zero-order valence-electron chi connectivity index (χ0n) is 12.3. The first-order valence-corrected chi connectivity index (χ1v) is 7.88. The predicted molar refractivity (Wildman–Crippen MR) is 94.5 cm³/mol. The molecule has 0 atom stereocenters. The fourth-order valence-corrected chi connectivity index (χ4v) is 2.46. The van der Waals surface area contributed by atoms with Gasteiger partial charge in [0, 0.05) is 9.13 Å². The second-order valence-corrected chi connectivity index (χ2v) is 5.98. The third-order valence-electron chi connectivity index (χ3n) is 2.98. The molecule has 0 fully saturated rings. The zero-order valence-corrected chi connectivity index (χ0v) is 14.5. The van der Waals surface area contributed by atoms with Gasteiger partial charge in [-0.15, -0.1) is 0 Å². The van der Waals surface area contributed by atoms with Crippen LogP contribution in [-0.2, 0) is 9.53 Å². The Morgan fingerprint density at radius 2 is 1.83 bits per heavy atom. The van der Waals surface area contributed by atoms with Crippen LogP contribution in [0, 0.1) is 3.57 Å². The smallest absolute Gasteiger partial charge is 0.338 e. The number of rotatable bonds is 5. The maximum Gasteiger partial charge on any atom is 0.338 e. The Morgan fingerprint density at radius 3 is 2.52 bits per heavy atom. The van der Waals surface area contributed by atoms with E-state index in [1.165, 1.54) is 6.92 Å². The summed E-state index contributed by atoms with van der Waals surface area (Å²) in [5.74, 6) is -1.23. The second kappa shape index (κ2) is 7.87. The average Bonchev–Trinajstić information content (AvgIpc) is 2.53. The topological polar surface area (TPSA) is 72.5 Å². The van der Waals surface area contributed by atoms with E-state index in [1.54, 1.807) is 42.5 Å². The quantitative estimate of drug-likeness (QED) is 0.455. The molecule has 0 aromatic heterocycles. The maximum atomic E-state index is 11.9. The van der Waals surface area contributed by atoms with Crippen molar-refractivity contribution in [2.24, 2.45) is 0 Å². The molecule has 1 N–H and O–H groups in total. The highest BCUT2D eigenvalue weighted by Gasteiger charge is 2.13. The number of carbonyl (C=O) groups excluding carboxylic acids is 3. The van der Waals surface area contributed by atoms with E-state index in [1.807, 2.05) is 6.07 Å². The fourth-order valence-electron chi connectivity index (χ4n) is 1.92. The van der Waals surface area contributed by atoms with Crippen molar-refractivity contribution in [3.05, 3.63) is 63.2 Å². The number of hydrogen-bond acceptors (Lipinski definition) is 4. The lowest BCUT2D eigenvalue weighted by Gasteiger charge is -2.09. The third kappa shape index (κ3) is 4.88. The molecule has 118 valence electrons. The van der Waals surface area contributed by atoms with E-state index in [0.29, 0.717) is 16.8 Å². The molecule has 0 aliphatic heterocycles. The van der Waals surface area contributed by atoms with Crippen LogP contribution < -0.4 is 5.32 Å². The van der Waals surface area contributed by atoms with Crippen LogP contribution in [0.5, 0.6) is 0 Å². The Kier molecular flexibility index (Phi) is 5.86. The molecule has 2 rings (SSSR count). The molecule has 2 aromatic carbocycles. The van der Waals surface area contributed by atoms with E-state index in [9.17, 15) is 14.4 Å². The first-order chi connectivity index (χ1) is 11.0. The van der Waals surface area contributed by atoms with Crippen molar-refractivity contribution in [1.82, 2.24) is 0 Å². The van der Waals surface area contributed by atoms with Gasteiger partial charge in [-0.25, -0.2) is 4.79 Å². The lowest BCUT2D eigenvalue weighted by Crippen LogP contribution is -2.22. The molecular weight excluding hydrogens is 409 g/mol. The number of carbonyl (C=O) groups is 3. The Labute approximate surface area is 147 Å². The first kappa shape index (κ1) is 17.1. The van der Waals surface area contributed by atoms with Crippen molar-refractivity contribution in [2.45, 2.75) is 6.92 Å². The number of amides is 1. The van der Waals surface area contributed by atoms with Gasteiger partial charge in [0.15, 0.2) is 12.4 Å². The Morgan fingerprint density at radius 1 is 1.09 bits per heavy atom. The summed E-state index contributed by atoms with van der Waals surface area (Å²) in [6.45, 7) is 0.999. The number of hydrogen-bond donors (Lipinski definition) is 1. The number of para-hydroxylation sites is 1. The summed E-state index contributed by atoms with van der Waals surface area (Å²) in [6.07, 6.45) is 0. The SMILES string of the molecule is CC(=O)c1ccccc1NC(=O)COC(=O)c1cccc(I)c1. The van der Waals surface area contributed by atoms with Crippen LogP contribution in [0.25, 0.3) is 0 Å². The molecule has 0 aliphatic rings. The van der Waals surface area contributed by atoms with E-state index >= 15 is 0 Å². The maximum absolute atomic E-state index is 11.9. The predicted octanol–water partition coefficient (Wildman–Crippen LogP) is 3.29. The molecule has 0 spiro atoms. The van der Waals surface area contributed by atoms with E-state index in [-0.39, 0.29) is 5.78 Å². The second-order valence-electron chi connectivity index (χ2n) is 4.74. The van der Waals surface area contributed by atoms with E-state index in [2.05, 4.69) is 27.9 Å². The van der Waals surface area contributed by atoms with Gasteiger partial charge in [-0.1, -0.05) is 18.2 Å². The van der Waals surface area contributed by atoms with Crippen LogP contribution in [0.15, 0.2) is 48.5 Å². The van der Waals surface area contributed by atoms with Crippen molar-refractivity contribution < 1.29 is 19.1 Å².